The standard InChI is InChI=1S/C12H14O2/c13-11-9-7-5-3-1-2-4-6-8-10-12-14/h13-14H,3-4,9-12H2. The lowest BCUT2D eigenvalue weighted by atomic mass is 10.3. The Hall–Kier alpha value is -1.40. The van der Waals surface area contributed by atoms with E-state index in [2.05, 4.69) is 35.5 Å². The first-order valence-electron chi connectivity index (χ1n) is 4.50. The molecule has 0 aromatic heterocycles. The lowest BCUT2D eigenvalue weighted by Crippen LogP contribution is -1.75. The van der Waals surface area contributed by atoms with E-state index in [0.717, 1.165) is 0 Å². The van der Waals surface area contributed by atoms with Gasteiger partial charge in [0.2, 0.25) is 0 Å². The molecule has 0 saturated carbocycles. The minimum Gasteiger partial charge on any atom is -0.395 e. The van der Waals surface area contributed by atoms with Crippen LogP contribution in [0.25, 0.3) is 0 Å². The zero-order chi connectivity index (χ0) is 10.5. The summed E-state index contributed by atoms with van der Waals surface area (Å²) >= 11 is 0. The number of hydrogen-bond acceptors (Lipinski definition) is 2. The molecule has 0 aromatic carbocycles. The van der Waals surface area contributed by atoms with Gasteiger partial charge in [-0.05, 0) is 0 Å². The molecular formula is C12H14O2. The summed E-state index contributed by atoms with van der Waals surface area (Å²) in [6.45, 7) is 0.208. The predicted molar refractivity (Wildman–Crippen MR) is 56.0 cm³/mol. The number of aliphatic hydroxyl groups excluding tert-OH is 2. The highest BCUT2D eigenvalue weighted by Crippen LogP contribution is 1.77. The number of rotatable bonds is 2. The fourth-order valence-corrected chi connectivity index (χ4v) is 0.627. The number of hydrogen-bond donors (Lipinski definition) is 2. The second-order valence-electron chi connectivity index (χ2n) is 2.36. The minimum absolute atomic E-state index is 0.104. The van der Waals surface area contributed by atoms with Gasteiger partial charge in [-0.25, -0.2) is 0 Å². The molecule has 2 nitrogen and oxygen atoms in total. The van der Waals surface area contributed by atoms with Gasteiger partial charge in [0, 0.05) is 12.8 Å². The Bertz CT molecular complexity index is 268. The summed E-state index contributed by atoms with van der Waals surface area (Å²) in [5.74, 6) is 16.9. The molecule has 0 aliphatic heterocycles. The highest BCUT2D eigenvalue weighted by molar-refractivity contribution is 5.16. The van der Waals surface area contributed by atoms with Gasteiger partial charge >= 0.3 is 0 Å². The van der Waals surface area contributed by atoms with Crippen LogP contribution in [0.15, 0.2) is 0 Å². The summed E-state index contributed by atoms with van der Waals surface area (Å²) in [6.07, 6.45) is 2.08. The van der Waals surface area contributed by atoms with Crippen LogP contribution < -0.4 is 0 Å². The molecule has 2 N–H and O–H groups in total. The summed E-state index contributed by atoms with van der Waals surface area (Å²) in [5, 5.41) is 16.8. The molecule has 0 radical (unpaired) electrons. The van der Waals surface area contributed by atoms with Crippen LogP contribution in [0.5, 0.6) is 0 Å². The Morgan fingerprint density at radius 3 is 1.29 bits per heavy atom. The van der Waals surface area contributed by atoms with Gasteiger partial charge in [-0.2, -0.15) is 0 Å². The van der Waals surface area contributed by atoms with Crippen LogP contribution in [0, 0.1) is 35.5 Å². The van der Waals surface area contributed by atoms with Gasteiger partial charge in [-0.3, -0.25) is 0 Å². The molecule has 2 heteroatoms. The first-order valence-corrected chi connectivity index (χ1v) is 4.50. The van der Waals surface area contributed by atoms with Crippen LogP contribution >= 0.6 is 0 Å². The number of aliphatic hydroxyl groups is 2. The fourth-order valence-electron chi connectivity index (χ4n) is 0.627. The van der Waals surface area contributed by atoms with Crippen LogP contribution in [-0.2, 0) is 0 Å². The molecule has 0 atom stereocenters. The van der Waals surface area contributed by atoms with Crippen molar-refractivity contribution in [3.63, 3.8) is 0 Å². The molecule has 0 heterocycles. The van der Waals surface area contributed by atoms with E-state index >= 15 is 0 Å². The van der Waals surface area contributed by atoms with E-state index in [1.807, 2.05) is 0 Å². The maximum atomic E-state index is 8.41. The molecule has 0 fully saturated rings. The van der Waals surface area contributed by atoms with Crippen LogP contribution in [0.2, 0.25) is 0 Å². The Morgan fingerprint density at radius 2 is 0.929 bits per heavy atom. The molecule has 0 bridgehead atoms. The molecule has 0 aliphatic rings. The van der Waals surface area contributed by atoms with Gasteiger partial charge in [0.1, 0.15) is 0 Å². The molecular weight excluding hydrogens is 176 g/mol. The van der Waals surface area contributed by atoms with E-state index in [4.69, 9.17) is 10.2 Å². The maximum absolute atomic E-state index is 8.41. The SMILES string of the molecule is OCCC#CCC#CCC#CCCO. The second kappa shape index (κ2) is 11.6. The summed E-state index contributed by atoms with van der Waals surface area (Å²) in [7, 11) is 0. The van der Waals surface area contributed by atoms with Crippen molar-refractivity contribution in [2.75, 3.05) is 13.2 Å². The average molecular weight is 190 g/mol. The van der Waals surface area contributed by atoms with Crippen LogP contribution in [-0.4, -0.2) is 23.4 Å². The Balaban J connectivity index is 3.47. The Labute approximate surface area is 85.3 Å². The monoisotopic (exact) mass is 190 g/mol. The second-order valence-corrected chi connectivity index (χ2v) is 2.36. The largest absolute Gasteiger partial charge is 0.395 e. The average Bonchev–Trinajstić information content (AvgIpc) is 2.21. The van der Waals surface area contributed by atoms with Crippen molar-refractivity contribution >= 4 is 0 Å². The maximum Gasteiger partial charge on any atom is 0.0703 e. The highest BCUT2D eigenvalue weighted by atomic mass is 16.3. The molecule has 74 valence electrons. The van der Waals surface area contributed by atoms with Gasteiger partial charge in [0.25, 0.3) is 0 Å². The van der Waals surface area contributed by atoms with Crippen LogP contribution in [0.3, 0.4) is 0 Å². The Morgan fingerprint density at radius 1 is 0.571 bits per heavy atom. The summed E-state index contributed by atoms with van der Waals surface area (Å²) in [4.78, 5) is 0. The van der Waals surface area contributed by atoms with Crippen LogP contribution in [0.4, 0.5) is 0 Å². The molecule has 0 rings (SSSR count). The van der Waals surface area contributed by atoms with Gasteiger partial charge in [0.05, 0.1) is 26.1 Å². The zero-order valence-corrected chi connectivity index (χ0v) is 8.14. The third-order valence-corrected chi connectivity index (χ3v) is 1.20. The minimum atomic E-state index is 0.104. The molecule has 0 spiro atoms. The quantitative estimate of drug-likeness (QED) is 0.624. The van der Waals surface area contributed by atoms with E-state index in [-0.39, 0.29) is 13.2 Å². The summed E-state index contributed by atoms with van der Waals surface area (Å²) < 4.78 is 0. The zero-order valence-electron chi connectivity index (χ0n) is 8.14. The third-order valence-electron chi connectivity index (χ3n) is 1.20. The first kappa shape index (κ1) is 12.6. The molecule has 0 saturated heterocycles. The van der Waals surface area contributed by atoms with Crippen molar-refractivity contribution in [1.29, 1.82) is 0 Å². The lowest BCUT2D eigenvalue weighted by Gasteiger charge is -1.77. The van der Waals surface area contributed by atoms with Crippen molar-refractivity contribution in [1.82, 2.24) is 0 Å². The van der Waals surface area contributed by atoms with Gasteiger partial charge in [-0.15, -0.1) is 0 Å². The van der Waals surface area contributed by atoms with Crippen molar-refractivity contribution in [2.45, 2.75) is 25.7 Å². The van der Waals surface area contributed by atoms with Crippen molar-refractivity contribution in [3.8, 4) is 35.5 Å². The van der Waals surface area contributed by atoms with Gasteiger partial charge in [0.15, 0.2) is 0 Å². The third kappa shape index (κ3) is 10.6. The molecule has 0 unspecified atom stereocenters. The highest BCUT2D eigenvalue weighted by Gasteiger charge is 1.72. The topological polar surface area (TPSA) is 40.5 Å². The molecule has 0 amide bonds. The molecule has 0 aliphatic carbocycles. The summed E-state index contributed by atoms with van der Waals surface area (Å²) in [6, 6.07) is 0. The van der Waals surface area contributed by atoms with E-state index < -0.39 is 0 Å². The molecule has 0 aromatic rings. The van der Waals surface area contributed by atoms with Crippen molar-refractivity contribution in [3.05, 3.63) is 0 Å². The Kier molecular flexibility index (Phi) is 10.4. The van der Waals surface area contributed by atoms with Crippen molar-refractivity contribution < 1.29 is 10.2 Å². The smallest absolute Gasteiger partial charge is 0.0703 e. The fraction of sp³-hybridized carbons (Fsp3) is 0.500. The first-order chi connectivity index (χ1) is 6.91. The normalized spacial score (nSPS) is 7.29. The molecule has 14 heavy (non-hydrogen) atoms. The van der Waals surface area contributed by atoms with E-state index in [1.165, 1.54) is 0 Å². The van der Waals surface area contributed by atoms with E-state index in [9.17, 15) is 0 Å². The summed E-state index contributed by atoms with van der Waals surface area (Å²) in [5.41, 5.74) is 0. The van der Waals surface area contributed by atoms with Crippen LogP contribution in [0.1, 0.15) is 25.7 Å². The van der Waals surface area contributed by atoms with Gasteiger partial charge < -0.3 is 10.2 Å². The van der Waals surface area contributed by atoms with Crippen molar-refractivity contribution in [2.24, 2.45) is 0 Å². The van der Waals surface area contributed by atoms with Gasteiger partial charge in [-0.1, -0.05) is 35.5 Å². The van der Waals surface area contributed by atoms with E-state index in [0.29, 0.717) is 25.7 Å². The lowest BCUT2D eigenvalue weighted by molar-refractivity contribution is 0.304. The predicted octanol–water partition coefficient (Wildman–Crippen LogP) is 0.542. The van der Waals surface area contributed by atoms with E-state index in [1.54, 1.807) is 0 Å².